The van der Waals surface area contributed by atoms with Crippen LogP contribution in [-0.4, -0.2) is 18.3 Å². The van der Waals surface area contributed by atoms with E-state index in [1.165, 1.54) is 0 Å². The van der Waals surface area contributed by atoms with Crippen molar-refractivity contribution in [2.75, 3.05) is 0 Å². The summed E-state index contributed by atoms with van der Waals surface area (Å²) in [6, 6.07) is 6.43. The highest BCUT2D eigenvalue weighted by atomic mass is 79.9. The van der Waals surface area contributed by atoms with E-state index in [0.717, 1.165) is 12.1 Å². The lowest BCUT2D eigenvalue weighted by Crippen LogP contribution is -2.60. The van der Waals surface area contributed by atoms with Crippen LogP contribution in [0.5, 0.6) is 0 Å². The molecule has 0 spiro atoms. The maximum atomic E-state index is 15.2. The van der Waals surface area contributed by atoms with Crippen LogP contribution in [0, 0.1) is 17.4 Å². The highest BCUT2D eigenvalue weighted by Gasteiger charge is 2.83. The molecule has 0 N–H and O–H groups in total. The molecule has 0 heterocycles. The molecule has 173 valence electrons. The zero-order chi connectivity index (χ0) is 24.9. The van der Waals surface area contributed by atoms with Gasteiger partial charge in [0.1, 0.15) is 0 Å². The van der Waals surface area contributed by atoms with Gasteiger partial charge in [-0.25, -0.2) is 4.39 Å². The van der Waals surface area contributed by atoms with Crippen molar-refractivity contribution in [1.82, 2.24) is 0 Å². The summed E-state index contributed by atoms with van der Waals surface area (Å²) in [5.74, 6) is -7.33. The van der Waals surface area contributed by atoms with Crippen molar-refractivity contribution in [1.29, 1.82) is 5.26 Å². The molecule has 0 aliphatic heterocycles. The Morgan fingerprint density at radius 3 is 1.62 bits per heavy atom. The lowest BCUT2D eigenvalue weighted by Gasteiger charge is -2.38. The number of halogens is 13. The van der Waals surface area contributed by atoms with Crippen LogP contribution in [-0.2, 0) is 11.8 Å². The molecule has 0 saturated carbocycles. The number of benzene rings is 2. The van der Waals surface area contributed by atoms with Gasteiger partial charge in [-0.1, -0.05) is 12.1 Å². The molecular formula is C18H5BrF12N. The topological polar surface area (TPSA) is 23.8 Å². The van der Waals surface area contributed by atoms with Crippen molar-refractivity contribution < 1.29 is 52.7 Å². The van der Waals surface area contributed by atoms with Gasteiger partial charge in [-0.15, -0.1) is 0 Å². The second kappa shape index (κ2) is 7.86. The van der Waals surface area contributed by atoms with Gasteiger partial charge in [0, 0.05) is 10.0 Å². The fourth-order valence-corrected chi connectivity index (χ4v) is 3.31. The summed E-state index contributed by atoms with van der Waals surface area (Å²) in [4.78, 5) is 0. The Labute approximate surface area is 179 Å². The average Bonchev–Trinajstić information content (AvgIpc) is 2.64. The molecule has 0 aliphatic rings. The maximum absolute atomic E-state index is 15.2. The molecule has 0 aliphatic carbocycles. The average molecular weight is 543 g/mol. The fourth-order valence-electron chi connectivity index (χ4n) is 2.77. The van der Waals surface area contributed by atoms with E-state index in [0.29, 0.717) is 12.1 Å². The van der Waals surface area contributed by atoms with E-state index < -0.39 is 56.8 Å². The summed E-state index contributed by atoms with van der Waals surface area (Å²) in [7, 11) is 0. The fraction of sp³-hybridized carbons (Fsp3) is 0.278. The first-order chi connectivity index (χ1) is 14.3. The largest absolute Gasteiger partial charge is 0.457 e. The Hall–Kier alpha value is -2.43. The van der Waals surface area contributed by atoms with Crippen LogP contribution in [0.1, 0.15) is 16.7 Å². The maximum Gasteiger partial charge on any atom is 0.457 e. The van der Waals surface area contributed by atoms with Gasteiger partial charge in [0.2, 0.25) is 0 Å². The van der Waals surface area contributed by atoms with Crippen LogP contribution in [0.4, 0.5) is 52.7 Å². The van der Waals surface area contributed by atoms with Gasteiger partial charge in [0.25, 0.3) is 0 Å². The third-order valence-electron chi connectivity index (χ3n) is 4.21. The number of hydrogen-bond donors (Lipinski definition) is 0. The van der Waals surface area contributed by atoms with Gasteiger partial charge < -0.3 is 0 Å². The Balaban J connectivity index is 3.16. The van der Waals surface area contributed by atoms with Crippen LogP contribution in [0.15, 0.2) is 34.8 Å². The van der Waals surface area contributed by atoms with Crippen molar-refractivity contribution in [2.24, 2.45) is 0 Å². The summed E-state index contributed by atoms with van der Waals surface area (Å²) in [6.45, 7) is 0. The predicted octanol–water partition coefficient (Wildman–Crippen LogP) is 7.73. The van der Waals surface area contributed by atoms with Crippen LogP contribution >= 0.6 is 15.9 Å². The molecule has 1 unspecified atom stereocenters. The highest BCUT2D eigenvalue weighted by molar-refractivity contribution is 9.10. The Kier molecular flexibility index (Phi) is 6.34. The Morgan fingerprint density at radius 1 is 0.750 bits per heavy atom. The van der Waals surface area contributed by atoms with Crippen LogP contribution in [0.3, 0.4) is 0 Å². The molecule has 32 heavy (non-hydrogen) atoms. The monoisotopic (exact) mass is 542 g/mol. The molecule has 1 nitrogen and oxygen atoms in total. The normalized spacial score (nSPS) is 15.2. The number of hydrogen-bond acceptors (Lipinski definition) is 1. The first-order valence-electron chi connectivity index (χ1n) is 7.83. The SMILES string of the molecule is N#Cc1ccc(-c2c[c]c(Br)c(C(F)(F)F)c2C(F)(C(F)(F)F)C(F)(F)C(F)(F)F)cc1. The summed E-state index contributed by atoms with van der Waals surface area (Å²) >= 11 is 2.11. The van der Waals surface area contributed by atoms with Crippen LogP contribution < -0.4 is 0 Å². The third-order valence-corrected chi connectivity index (χ3v) is 4.84. The Morgan fingerprint density at radius 2 is 1.25 bits per heavy atom. The molecule has 0 saturated heterocycles. The first-order valence-corrected chi connectivity index (χ1v) is 8.62. The van der Waals surface area contributed by atoms with Gasteiger partial charge in [-0.3, -0.25) is 0 Å². The van der Waals surface area contributed by atoms with E-state index in [4.69, 9.17) is 5.26 Å². The second-order valence-corrected chi connectivity index (χ2v) is 6.97. The Bertz CT molecular complexity index is 1040. The van der Waals surface area contributed by atoms with Crippen molar-refractivity contribution >= 4 is 15.9 Å². The first kappa shape index (κ1) is 25.8. The third kappa shape index (κ3) is 4.02. The van der Waals surface area contributed by atoms with Crippen molar-refractivity contribution in [3.63, 3.8) is 0 Å². The molecule has 2 rings (SSSR count). The van der Waals surface area contributed by atoms with Gasteiger partial charge in [0.05, 0.1) is 17.2 Å². The van der Waals surface area contributed by atoms with E-state index in [9.17, 15) is 48.3 Å². The quantitative estimate of drug-likeness (QED) is 0.364. The minimum absolute atomic E-state index is 0.185. The lowest BCUT2D eigenvalue weighted by atomic mass is 9.79. The summed E-state index contributed by atoms with van der Waals surface area (Å²) < 4.78 is 162. The minimum Gasteiger partial charge on any atom is -0.221 e. The minimum atomic E-state index is -7.33. The number of nitriles is 1. The zero-order valence-corrected chi connectivity index (χ0v) is 16.3. The molecular weight excluding hydrogens is 538 g/mol. The van der Waals surface area contributed by atoms with Crippen LogP contribution in [0.2, 0.25) is 0 Å². The van der Waals surface area contributed by atoms with E-state index in [1.807, 2.05) is 0 Å². The number of nitrogens with zero attached hydrogens (tertiary/aromatic N) is 1. The summed E-state index contributed by atoms with van der Waals surface area (Å²) in [5.41, 5.74) is -15.2. The standard InChI is InChI=1S/C18H5BrF12N/c19-11-6-5-10(9-3-1-8(7-32)2-4-9)12(13(11)15(21,22)23)14(20,17(26,27)28)16(24,25)18(29,30)31/h1-5H. The number of rotatable bonds is 3. The van der Waals surface area contributed by atoms with Gasteiger partial charge in [0.15, 0.2) is 0 Å². The van der Waals surface area contributed by atoms with E-state index in [2.05, 4.69) is 15.9 Å². The van der Waals surface area contributed by atoms with Crippen LogP contribution in [0.25, 0.3) is 11.1 Å². The second-order valence-electron chi connectivity index (χ2n) is 6.18. The van der Waals surface area contributed by atoms with Gasteiger partial charge in [-0.2, -0.15) is 53.6 Å². The number of alkyl halides is 12. The van der Waals surface area contributed by atoms with Gasteiger partial charge in [-0.05, 0) is 51.3 Å². The molecule has 0 aromatic heterocycles. The van der Waals surface area contributed by atoms with E-state index >= 15 is 4.39 Å². The van der Waals surface area contributed by atoms with Crippen molar-refractivity contribution in [3.05, 3.63) is 57.6 Å². The smallest absolute Gasteiger partial charge is 0.221 e. The highest BCUT2D eigenvalue weighted by Crippen LogP contribution is 2.62. The van der Waals surface area contributed by atoms with Crippen molar-refractivity contribution in [3.8, 4) is 17.2 Å². The molecule has 0 amide bonds. The molecule has 2 aromatic carbocycles. The van der Waals surface area contributed by atoms with Crippen molar-refractivity contribution in [2.45, 2.75) is 30.1 Å². The summed E-state index contributed by atoms with van der Waals surface area (Å²) in [6.07, 6.45) is -20.4. The molecule has 0 bridgehead atoms. The lowest BCUT2D eigenvalue weighted by molar-refractivity contribution is -0.389. The zero-order valence-electron chi connectivity index (χ0n) is 14.7. The van der Waals surface area contributed by atoms with Gasteiger partial charge >= 0.3 is 30.1 Å². The molecule has 1 radical (unpaired) electrons. The molecule has 14 heteroatoms. The van der Waals surface area contributed by atoms with E-state index in [1.54, 1.807) is 12.1 Å². The predicted molar refractivity (Wildman–Crippen MR) is 88.0 cm³/mol. The molecule has 1 atom stereocenters. The molecule has 2 aromatic rings. The van der Waals surface area contributed by atoms with E-state index in [-0.39, 0.29) is 11.6 Å². The summed E-state index contributed by atoms with van der Waals surface area (Å²) in [5, 5.41) is 8.73. The molecule has 0 fully saturated rings.